The molecular formula is C13H18F2O2. The summed E-state index contributed by atoms with van der Waals surface area (Å²) in [5.41, 5.74) is -0.0551. The molecule has 1 aromatic carbocycles. The van der Waals surface area contributed by atoms with Gasteiger partial charge in [0.25, 0.3) is 0 Å². The number of ether oxygens (including phenoxy) is 1. The zero-order valence-electron chi connectivity index (χ0n) is 9.96. The molecule has 1 N–H and O–H groups in total. The highest BCUT2D eigenvalue weighted by Crippen LogP contribution is 2.19. The summed E-state index contributed by atoms with van der Waals surface area (Å²) in [4.78, 5) is 0. The van der Waals surface area contributed by atoms with Gasteiger partial charge in [0.1, 0.15) is 6.10 Å². The molecule has 2 nitrogen and oxygen atoms in total. The zero-order chi connectivity index (χ0) is 12.7. The average Bonchev–Trinajstić information content (AvgIpc) is 2.32. The summed E-state index contributed by atoms with van der Waals surface area (Å²) in [5.74, 6) is -1.95. The molecule has 0 aromatic heterocycles. The van der Waals surface area contributed by atoms with E-state index in [0.29, 0.717) is 6.61 Å². The Morgan fingerprint density at radius 2 is 2.06 bits per heavy atom. The Hall–Kier alpha value is -1.00. The van der Waals surface area contributed by atoms with E-state index in [2.05, 4.69) is 6.92 Å². The van der Waals surface area contributed by atoms with E-state index in [4.69, 9.17) is 4.74 Å². The topological polar surface area (TPSA) is 29.5 Å². The Morgan fingerprint density at radius 1 is 1.29 bits per heavy atom. The molecule has 0 fully saturated rings. The first-order valence-electron chi connectivity index (χ1n) is 5.86. The number of unbranched alkanes of at least 4 members (excludes halogenated alkanes) is 2. The van der Waals surface area contributed by atoms with Gasteiger partial charge in [0, 0.05) is 12.2 Å². The normalized spacial score (nSPS) is 12.7. The monoisotopic (exact) mass is 244 g/mol. The van der Waals surface area contributed by atoms with Gasteiger partial charge in [-0.2, -0.15) is 0 Å². The van der Waals surface area contributed by atoms with Gasteiger partial charge in [0.2, 0.25) is 0 Å². The van der Waals surface area contributed by atoms with Crippen molar-refractivity contribution in [1.29, 1.82) is 0 Å². The van der Waals surface area contributed by atoms with Gasteiger partial charge in [0.05, 0.1) is 6.61 Å². The first kappa shape index (κ1) is 14.1. The van der Waals surface area contributed by atoms with Crippen LogP contribution in [-0.2, 0) is 4.74 Å². The third-order valence-corrected chi connectivity index (χ3v) is 2.51. The van der Waals surface area contributed by atoms with Gasteiger partial charge in [-0.25, -0.2) is 8.78 Å². The Bertz CT molecular complexity index is 342. The molecule has 0 saturated heterocycles. The molecule has 0 spiro atoms. The SMILES string of the molecule is CCCCCOCC(O)c1cccc(F)c1F. The fraction of sp³-hybridized carbons (Fsp3) is 0.538. The van der Waals surface area contributed by atoms with Crippen molar-refractivity contribution in [3.63, 3.8) is 0 Å². The summed E-state index contributed by atoms with van der Waals surface area (Å²) in [6.07, 6.45) is 1.94. The van der Waals surface area contributed by atoms with Crippen molar-refractivity contribution in [3.8, 4) is 0 Å². The maximum absolute atomic E-state index is 13.3. The molecule has 1 unspecified atom stereocenters. The van der Waals surface area contributed by atoms with Crippen LogP contribution in [0.25, 0.3) is 0 Å². The lowest BCUT2D eigenvalue weighted by molar-refractivity contribution is 0.0325. The van der Waals surface area contributed by atoms with E-state index in [1.807, 2.05) is 0 Å². The Balaban J connectivity index is 2.41. The molecule has 96 valence electrons. The molecule has 0 amide bonds. The van der Waals surface area contributed by atoms with Gasteiger partial charge in [0.15, 0.2) is 11.6 Å². The molecule has 0 aliphatic heterocycles. The summed E-state index contributed by atoms with van der Waals surface area (Å²) < 4.78 is 31.4. The van der Waals surface area contributed by atoms with Crippen LogP contribution in [0.3, 0.4) is 0 Å². The highest BCUT2D eigenvalue weighted by molar-refractivity contribution is 5.21. The van der Waals surface area contributed by atoms with Crippen LogP contribution in [0.5, 0.6) is 0 Å². The van der Waals surface area contributed by atoms with Crippen LogP contribution >= 0.6 is 0 Å². The van der Waals surface area contributed by atoms with E-state index in [-0.39, 0.29) is 12.2 Å². The minimum absolute atomic E-state index is 0.00983. The maximum atomic E-state index is 13.3. The number of rotatable bonds is 7. The molecular weight excluding hydrogens is 226 g/mol. The van der Waals surface area contributed by atoms with Crippen molar-refractivity contribution < 1.29 is 18.6 Å². The summed E-state index contributed by atoms with van der Waals surface area (Å²) >= 11 is 0. The lowest BCUT2D eigenvalue weighted by atomic mass is 10.1. The number of aliphatic hydroxyl groups excluding tert-OH is 1. The van der Waals surface area contributed by atoms with E-state index in [9.17, 15) is 13.9 Å². The first-order valence-corrected chi connectivity index (χ1v) is 5.86. The van der Waals surface area contributed by atoms with E-state index < -0.39 is 17.7 Å². The number of halogens is 2. The molecule has 4 heteroatoms. The summed E-state index contributed by atoms with van der Waals surface area (Å²) in [7, 11) is 0. The van der Waals surface area contributed by atoms with Crippen LogP contribution in [0, 0.1) is 11.6 Å². The largest absolute Gasteiger partial charge is 0.386 e. The second kappa shape index (κ2) is 7.35. The standard InChI is InChI=1S/C13H18F2O2/c1-2-3-4-8-17-9-12(16)10-6-5-7-11(14)13(10)15/h5-7,12,16H,2-4,8-9H2,1H3. The number of hydrogen-bond donors (Lipinski definition) is 1. The number of aliphatic hydroxyl groups is 1. The molecule has 1 atom stereocenters. The third kappa shape index (κ3) is 4.40. The molecule has 0 aliphatic carbocycles. The van der Waals surface area contributed by atoms with E-state index in [1.54, 1.807) is 0 Å². The van der Waals surface area contributed by atoms with Crippen LogP contribution in [0.4, 0.5) is 8.78 Å². The fourth-order valence-corrected chi connectivity index (χ4v) is 1.52. The minimum atomic E-state index is -1.12. The first-order chi connectivity index (χ1) is 8.16. The smallest absolute Gasteiger partial charge is 0.164 e. The summed E-state index contributed by atoms with van der Waals surface area (Å²) in [5, 5.41) is 9.65. The highest BCUT2D eigenvalue weighted by atomic mass is 19.2. The van der Waals surface area contributed by atoms with Gasteiger partial charge in [-0.15, -0.1) is 0 Å². The van der Waals surface area contributed by atoms with E-state index in [0.717, 1.165) is 25.3 Å². The van der Waals surface area contributed by atoms with Gasteiger partial charge in [-0.05, 0) is 12.5 Å². The molecule has 0 bridgehead atoms. The van der Waals surface area contributed by atoms with Crippen molar-refractivity contribution in [2.45, 2.75) is 32.3 Å². The molecule has 0 saturated carbocycles. The summed E-state index contributed by atoms with van der Waals surface area (Å²) in [6, 6.07) is 3.75. The summed E-state index contributed by atoms with van der Waals surface area (Å²) in [6.45, 7) is 2.60. The quantitative estimate of drug-likeness (QED) is 0.746. The fourth-order valence-electron chi connectivity index (χ4n) is 1.52. The van der Waals surface area contributed by atoms with Crippen molar-refractivity contribution >= 4 is 0 Å². The average molecular weight is 244 g/mol. The van der Waals surface area contributed by atoms with E-state index in [1.165, 1.54) is 12.1 Å². The molecule has 1 rings (SSSR count). The van der Waals surface area contributed by atoms with Gasteiger partial charge in [-0.1, -0.05) is 31.9 Å². The second-order valence-corrected chi connectivity index (χ2v) is 3.94. The predicted molar refractivity (Wildman–Crippen MR) is 61.7 cm³/mol. The maximum Gasteiger partial charge on any atom is 0.164 e. The lowest BCUT2D eigenvalue weighted by Gasteiger charge is -2.12. The van der Waals surface area contributed by atoms with Gasteiger partial charge >= 0.3 is 0 Å². The number of benzene rings is 1. The molecule has 17 heavy (non-hydrogen) atoms. The number of hydrogen-bond acceptors (Lipinski definition) is 2. The van der Waals surface area contributed by atoms with Crippen LogP contribution in [-0.4, -0.2) is 18.3 Å². The van der Waals surface area contributed by atoms with Crippen molar-refractivity contribution in [3.05, 3.63) is 35.4 Å². The van der Waals surface area contributed by atoms with Crippen LogP contribution in [0.1, 0.15) is 37.9 Å². The van der Waals surface area contributed by atoms with Gasteiger partial charge < -0.3 is 9.84 Å². The molecule has 0 radical (unpaired) electrons. The van der Waals surface area contributed by atoms with Crippen molar-refractivity contribution in [1.82, 2.24) is 0 Å². The Morgan fingerprint density at radius 3 is 2.76 bits per heavy atom. The molecule has 0 heterocycles. The van der Waals surface area contributed by atoms with Crippen LogP contribution in [0.15, 0.2) is 18.2 Å². The highest BCUT2D eigenvalue weighted by Gasteiger charge is 2.15. The van der Waals surface area contributed by atoms with Gasteiger partial charge in [-0.3, -0.25) is 0 Å². The Kier molecular flexibility index (Phi) is 6.08. The third-order valence-electron chi connectivity index (χ3n) is 2.51. The van der Waals surface area contributed by atoms with Crippen molar-refractivity contribution in [2.24, 2.45) is 0 Å². The molecule has 0 aliphatic rings. The van der Waals surface area contributed by atoms with Crippen molar-refractivity contribution in [2.75, 3.05) is 13.2 Å². The zero-order valence-corrected chi connectivity index (χ0v) is 9.96. The lowest BCUT2D eigenvalue weighted by Crippen LogP contribution is -2.10. The Labute approximate surface area is 100 Å². The second-order valence-electron chi connectivity index (χ2n) is 3.94. The molecule has 1 aromatic rings. The van der Waals surface area contributed by atoms with E-state index >= 15 is 0 Å². The van der Waals surface area contributed by atoms with Crippen LogP contribution < -0.4 is 0 Å². The minimum Gasteiger partial charge on any atom is -0.386 e. The van der Waals surface area contributed by atoms with Crippen LogP contribution in [0.2, 0.25) is 0 Å². The predicted octanol–water partition coefficient (Wildman–Crippen LogP) is 3.21.